The molecule has 0 aliphatic carbocycles. The molecule has 0 atom stereocenters. The number of carbonyl (C=O) groups excluding carboxylic acids is 2. The van der Waals surface area contributed by atoms with Crippen molar-refractivity contribution in [2.24, 2.45) is 0 Å². The second-order valence-corrected chi connectivity index (χ2v) is 3.91. The normalized spacial score (nSPS) is 16.8. The molecule has 0 unspecified atom stereocenters. The summed E-state index contributed by atoms with van der Waals surface area (Å²) in [6, 6.07) is 5.63. The van der Waals surface area contributed by atoms with Gasteiger partial charge in [-0.1, -0.05) is 17.7 Å². The van der Waals surface area contributed by atoms with E-state index < -0.39 is 0 Å². The number of hydrogen-bond acceptors (Lipinski definition) is 3. The molecule has 2 rings (SSSR count). The number of morpholine rings is 1. The van der Waals surface area contributed by atoms with E-state index >= 15 is 0 Å². The van der Waals surface area contributed by atoms with Crippen LogP contribution in [0.5, 0.6) is 0 Å². The highest BCUT2D eigenvalue weighted by Gasteiger charge is 2.28. The van der Waals surface area contributed by atoms with Crippen LogP contribution in [0.4, 0.5) is 5.69 Å². The largest absolute Gasteiger partial charge is 0.362 e. The van der Waals surface area contributed by atoms with Gasteiger partial charge in [-0.05, 0) is 25.5 Å². The molecular weight excluding hydrogens is 206 g/mol. The molecule has 0 radical (unpaired) electrons. The number of anilines is 1. The molecule has 1 aliphatic rings. The minimum absolute atomic E-state index is 0.0287. The lowest BCUT2D eigenvalue weighted by molar-refractivity contribution is -0.138. The van der Waals surface area contributed by atoms with Gasteiger partial charge in [0.25, 0.3) is 11.8 Å². The van der Waals surface area contributed by atoms with Gasteiger partial charge < -0.3 is 4.74 Å². The number of rotatable bonds is 1. The minimum atomic E-state index is -0.303. The van der Waals surface area contributed by atoms with Gasteiger partial charge in [0, 0.05) is 0 Å². The molecule has 16 heavy (non-hydrogen) atoms. The molecule has 1 aromatic rings. The average Bonchev–Trinajstić information content (AvgIpc) is 2.20. The Morgan fingerprint density at radius 3 is 2.31 bits per heavy atom. The van der Waals surface area contributed by atoms with Crippen LogP contribution >= 0.6 is 0 Å². The van der Waals surface area contributed by atoms with Crippen molar-refractivity contribution >= 4 is 17.5 Å². The fraction of sp³-hybridized carbons (Fsp3) is 0.333. The van der Waals surface area contributed by atoms with E-state index in [0.717, 1.165) is 11.1 Å². The van der Waals surface area contributed by atoms with E-state index in [1.807, 2.05) is 26.0 Å². The zero-order valence-electron chi connectivity index (χ0n) is 9.32. The summed E-state index contributed by atoms with van der Waals surface area (Å²) in [6.45, 7) is 3.80. The molecule has 0 bridgehead atoms. The summed E-state index contributed by atoms with van der Waals surface area (Å²) in [5.41, 5.74) is 2.68. The first-order valence-electron chi connectivity index (χ1n) is 5.10. The summed E-state index contributed by atoms with van der Waals surface area (Å²) in [6.07, 6.45) is 0. The first kappa shape index (κ1) is 10.8. The number of hydrogen-bond donors (Lipinski definition) is 0. The number of amides is 2. The highest BCUT2D eigenvalue weighted by molar-refractivity contribution is 6.17. The standard InChI is InChI=1S/C12H13NO3/c1-8-3-4-10(9(2)5-8)13-11(14)6-16-7-12(13)15/h3-5H,6-7H2,1-2H3. The monoisotopic (exact) mass is 219 g/mol. The number of aryl methyl sites for hydroxylation is 2. The van der Waals surface area contributed by atoms with E-state index in [1.165, 1.54) is 4.90 Å². The second kappa shape index (κ2) is 4.06. The lowest BCUT2D eigenvalue weighted by atomic mass is 10.1. The van der Waals surface area contributed by atoms with Gasteiger partial charge >= 0.3 is 0 Å². The first-order valence-corrected chi connectivity index (χ1v) is 5.10. The van der Waals surface area contributed by atoms with Crippen LogP contribution in [0.1, 0.15) is 11.1 Å². The third kappa shape index (κ3) is 1.84. The van der Waals surface area contributed by atoms with E-state index in [2.05, 4.69) is 0 Å². The maximum atomic E-state index is 11.6. The molecule has 84 valence electrons. The van der Waals surface area contributed by atoms with E-state index in [-0.39, 0.29) is 25.0 Å². The second-order valence-electron chi connectivity index (χ2n) is 3.91. The Balaban J connectivity index is 2.42. The van der Waals surface area contributed by atoms with Crippen LogP contribution in [0.2, 0.25) is 0 Å². The highest BCUT2D eigenvalue weighted by Crippen LogP contribution is 2.22. The Bertz CT molecular complexity index is 438. The summed E-state index contributed by atoms with van der Waals surface area (Å²) in [4.78, 5) is 24.5. The summed E-state index contributed by atoms with van der Waals surface area (Å²) >= 11 is 0. The molecule has 0 aromatic heterocycles. The molecule has 1 aromatic carbocycles. The van der Waals surface area contributed by atoms with Crippen LogP contribution in [-0.2, 0) is 14.3 Å². The number of ether oxygens (including phenoxy) is 1. The fourth-order valence-corrected chi connectivity index (χ4v) is 1.82. The molecular formula is C12H13NO3. The molecule has 4 heteroatoms. The molecule has 0 spiro atoms. The number of imide groups is 1. The van der Waals surface area contributed by atoms with Crippen molar-refractivity contribution in [1.82, 2.24) is 0 Å². The van der Waals surface area contributed by atoms with Crippen LogP contribution in [0.25, 0.3) is 0 Å². The molecule has 0 N–H and O–H groups in total. The molecule has 2 amide bonds. The third-order valence-corrected chi connectivity index (χ3v) is 2.54. The van der Waals surface area contributed by atoms with Gasteiger partial charge in [0.05, 0.1) is 5.69 Å². The van der Waals surface area contributed by atoms with Crippen LogP contribution in [0.3, 0.4) is 0 Å². The van der Waals surface area contributed by atoms with Crippen LogP contribution in [0.15, 0.2) is 18.2 Å². The van der Waals surface area contributed by atoms with Crippen molar-refractivity contribution in [3.05, 3.63) is 29.3 Å². The average molecular weight is 219 g/mol. The van der Waals surface area contributed by atoms with Crippen LogP contribution in [0, 0.1) is 13.8 Å². The van der Waals surface area contributed by atoms with Crippen LogP contribution < -0.4 is 4.90 Å². The van der Waals surface area contributed by atoms with Crippen molar-refractivity contribution in [1.29, 1.82) is 0 Å². The summed E-state index contributed by atoms with van der Waals surface area (Å²) < 4.78 is 4.87. The number of nitrogens with zero attached hydrogens (tertiary/aromatic N) is 1. The Morgan fingerprint density at radius 2 is 1.75 bits per heavy atom. The Morgan fingerprint density at radius 1 is 1.12 bits per heavy atom. The zero-order chi connectivity index (χ0) is 11.7. The lowest BCUT2D eigenvalue weighted by Crippen LogP contribution is -2.46. The molecule has 1 fully saturated rings. The maximum absolute atomic E-state index is 11.6. The minimum Gasteiger partial charge on any atom is -0.362 e. The Hall–Kier alpha value is -1.68. The van der Waals surface area contributed by atoms with E-state index in [1.54, 1.807) is 6.07 Å². The smallest absolute Gasteiger partial charge is 0.259 e. The maximum Gasteiger partial charge on any atom is 0.259 e. The molecule has 4 nitrogen and oxygen atoms in total. The quantitative estimate of drug-likeness (QED) is 0.666. The predicted molar refractivity (Wildman–Crippen MR) is 59.2 cm³/mol. The molecule has 1 saturated heterocycles. The van der Waals surface area contributed by atoms with E-state index in [0.29, 0.717) is 5.69 Å². The van der Waals surface area contributed by atoms with Gasteiger partial charge in [0.15, 0.2) is 0 Å². The van der Waals surface area contributed by atoms with E-state index in [9.17, 15) is 9.59 Å². The van der Waals surface area contributed by atoms with Crippen molar-refractivity contribution < 1.29 is 14.3 Å². The molecule has 0 saturated carbocycles. The van der Waals surface area contributed by atoms with Gasteiger partial charge in [-0.15, -0.1) is 0 Å². The first-order chi connectivity index (χ1) is 7.59. The van der Waals surface area contributed by atoms with Crippen molar-refractivity contribution in [3.8, 4) is 0 Å². The van der Waals surface area contributed by atoms with Gasteiger partial charge in [-0.25, -0.2) is 4.90 Å². The van der Waals surface area contributed by atoms with Crippen molar-refractivity contribution in [2.45, 2.75) is 13.8 Å². The zero-order valence-corrected chi connectivity index (χ0v) is 9.32. The van der Waals surface area contributed by atoms with Gasteiger partial charge in [-0.2, -0.15) is 0 Å². The summed E-state index contributed by atoms with van der Waals surface area (Å²) in [5, 5.41) is 0. The fourth-order valence-electron chi connectivity index (χ4n) is 1.82. The summed E-state index contributed by atoms with van der Waals surface area (Å²) in [5.74, 6) is -0.605. The van der Waals surface area contributed by atoms with Gasteiger partial charge in [-0.3, -0.25) is 9.59 Å². The van der Waals surface area contributed by atoms with Crippen LogP contribution in [-0.4, -0.2) is 25.0 Å². The Labute approximate surface area is 93.8 Å². The Kier molecular flexibility index (Phi) is 2.75. The third-order valence-electron chi connectivity index (χ3n) is 2.54. The number of benzene rings is 1. The van der Waals surface area contributed by atoms with Crippen molar-refractivity contribution in [2.75, 3.05) is 18.1 Å². The SMILES string of the molecule is Cc1ccc(N2C(=O)COCC2=O)c(C)c1. The predicted octanol–water partition coefficient (Wildman–Crippen LogP) is 1.19. The van der Waals surface area contributed by atoms with Crippen molar-refractivity contribution in [3.63, 3.8) is 0 Å². The number of carbonyl (C=O) groups is 2. The molecule has 1 aliphatic heterocycles. The highest BCUT2D eigenvalue weighted by atomic mass is 16.5. The van der Waals surface area contributed by atoms with Gasteiger partial charge in [0.1, 0.15) is 13.2 Å². The van der Waals surface area contributed by atoms with Gasteiger partial charge in [0.2, 0.25) is 0 Å². The topological polar surface area (TPSA) is 46.6 Å². The lowest BCUT2D eigenvalue weighted by Gasteiger charge is -2.26. The van der Waals surface area contributed by atoms with E-state index in [4.69, 9.17) is 4.74 Å². The summed E-state index contributed by atoms with van der Waals surface area (Å²) in [7, 11) is 0. The molecule has 1 heterocycles.